The zero-order valence-corrected chi connectivity index (χ0v) is 35.3. The maximum absolute atomic E-state index is 13.9. The molecule has 0 radical (unpaired) electrons. The Morgan fingerprint density at radius 3 is 1.72 bits per heavy atom. The molecule has 0 unspecified atom stereocenters. The molecule has 11 heteroatoms. The number of hydrogen-bond donors (Lipinski definition) is 0. The van der Waals surface area contributed by atoms with E-state index in [4.69, 9.17) is 9.47 Å². The number of halogens is 2. The van der Waals surface area contributed by atoms with Gasteiger partial charge < -0.3 is 48.0 Å². The molecule has 5 aliphatic heterocycles. The van der Waals surface area contributed by atoms with Crippen molar-refractivity contribution in [3.05, 3.63) is 160 Å². The zero-order valence-electron chi connectivity index (χ0n) is 32.1. The van der Waals surface area contributed by atoms with Crippen LogP contribution in [-0.4, -0.2) is 63.8 Å². The Kier molecular flexibility index (Phi) is 11.5. The van der Waals surface area contributed by atoms with Gasteiger partial charge in [-0.25, -0.2) is 9.13 Å². The summed E-state index contributed by atoms with van der Waals surface area (Å²) in [5.74, 6) is 1.59. The molecule has 0 fully saturated rings. The number of aromatic nitrogens is 3. The maximum Gasteiger partial charge on any atom is 0.244 e. The van der Waals surface area contributed by atoms with Crippen molar-refractivity contribution in [1.29, 1.82) is 0 Å². The lowest BCUT2D eigenvalue weighted by atomic mass is 9.98. The van der Waals surface area contributed by atoms with Gasteiger partial charge in [-0.3, -0.25) is 19.1 Å². The fraction of sp³-hybridized carbons (Fsp3) is 0.217. The smallest absolute Gasteiger partial charge is 0.244 e. The maximum atomic E-state index is 13.9. The van der Waals surface area contributed by atoms with Gasteiger partial charge in [0.2, 0.25) is 12.7 Å². The lowest BCUT2D eigenvalue weighted by Gasteiger charge is -2.15. The van der Waals surface area contributed by atoms with Crippen LogP contribution in [0.15, 0.2) is 116 Å². The second-order valence-electron chi connectivity index (χ2n) is 14.6. The molecule has 0 saturated heterocycles. The second-order valence-corrected chi connectivity index (χ2v) is 14.6. The first-order chi connectivity index (χ1) is 26.9. The van der Waals surface area contributed by atoms with E-state index in [1.807, 2.05) is 84.9 Å². The van der Waals surface area contributed by atoms with E-state index in [0.29, 0.717) is 41.9 Å². The number of rotatable bonds is 3. The van der Waals surface area contributed by atoms with Crippen molar-refractivity contribution in [3.8, 4) is 11.5 Å². The first-order valence-corrected chi connectivity index (χ1v) is 18.8. The largest absolute Gasteiger partial charge is 1.00 e. The lowest BCUT2D eigenvalue weighted by Crippen LogP contribution is -3.00. The molecule has 7 aromatic rings. The van der Waals surface area contributed by atoms with Crippen LogP contribution in [0.2, 0.25) is 0 Å². The molecule has 5 aromatic carbocycles. The van der Waals surface area contributed by atoms with Crippen LogP contribution in [0.25, 0.3) is 21.8 Å². The Hall–Kier alpha value is -5.52. The van der Waals surface area contributed by atoms with Gasteiger partial charge in [0.1, 0.15) is 63.2 Å². The molecule has 5 aliphatic rings. The molecular weight excluding hydrogens is 846 g/mol. The van der Waals surface area contributed by atoms with Crippen molar-refractivity contribution in [2.45, 2.75) is 39.6 Å². The lowest BCUT2D eigenvalue weighted by molar-refractivity contribution is -0.687. The van der Waals surface area contributed by atoms with Crippen molar-refractivity contribution >= 4 is 39.7 Å². The quantitative estimate of drug-likeness (QED) is 0.247. The molecule has 0 aliphatic carbocycles. The van der Waals surface area contributed by atoms with Crippen LogP contribution < -0.4 is 48.0 Å². The molecule has 57 heavy (non-hydrogen) atoms. The van der Waals surface area contributed by atoms with Crippen molar-refractivity contribution in [3.63, 3.8) is 0 Å². The summed E-state index contributed by atoms with van der Waals surface area (Å²) in [6.07, 6.45) is 8.39. The highest BCUT2D eigenvalue weighted by Gasteiger charge is 2.24. The third-order valence-corrected chi connectivity index (χ3v) is 11.0. The number of carbonyl (C=O) groups is 2. The third-order valence-electron chi connectivity index (χ3n) is 11.0. The molecule has 0 amide bonds. The third kappa shape index (κ3) is 7.66. The minimum Gasteiger partial charge on any atom is -1.00 e. The summed E-state index contributed by atoms with van der Waals surface area (Å²) >= 11 is 0. The van der Waals surface area contributed by atoms with E-state index in [2.05, 4.69) is 67.3 Å². The Balaban J connectivity index is 0.00000248. The fourth-order valence-corrected chi connectivity index (χ4v) is 8.18. The molecule has 0 saturated carbocycles. The highest BCUT2D eigenvalue weighted by atomic mass is 79.9. The molecular formula is C46H43Br2N5O4. The van der Waals surface area contributed by atoms with Gasteiger partial charge in [0.15, 0.2) is 11.6 Å². The van der Waals surface area contributed by atoms with E-state index in [0.717, 1.165) is 81.7 Å². The van der Waals surface area contributed by atoms with E-state index in [1.54, 1.807) is 14.2 Å². The Bertz CT molecular complexity index is 2660. The topological polar surface area (TPSA) is 72.6 Å². The van der Waals surface area contributed by atoms with Crippen LogP contribution >= 0.6 is 0 Å². The number of nitrogens with zero attached hydrogens (tertiary/aromatic N) is 5. The fourth-order valence-electron chi connectivity index (χ4n) is 8.18. The van der Waals surface area contributed by atoms with Crippen LogP contribution in [0.5, 0.6) is 11.5 Å². The SMILES string of the molecule is CCn1c2ccc3cc2c2cc(ccc21)C(=O)c1ccc(cc1)C[n+]1ccn(c1)Cc1cc(OC)c(cc1OC)CN1C=[N+](CC1)Cc1ccc(cc1)C3=O.[Br-].[Br-]. The van der Waals surface area contributed by atoms with Gasteiger partial charge in [0.05, 0.1) is 14.2 Å². The summed E-state index contributed by atoms with van der Waals surface area (Å²) in [4.78, 5) is 30.1. The predicted octanol–water partition coefficient (Wildman–Crippen LogP) is 0.857. The van der Waals surface area contributed by atoms with Crippen LogP contribution in [-0.2, 0) is 32.7 Å². The van der Waals surface area contributed by atoms with Crippen molar-refractivity contribution in [2.75, 3.05) is 27.3 Å². The molecule has 9 nitrogen and oxygen atoms in total. The normalized spacial score (nSPS) is 14.1. The minimum atomic E-state index is -0.0359. The van der Waals surface area contributed by atoms with Gasteiger partial charge in [-0.1, -0.05) is 48.5 Å². The van der Waals surface area contributed by atoms with E-state index in [-0.39, 0.29) is 45.5 Å². The van der Waals surface area contributed by atoms with E-state index >= 15 is 0 Å². The van der Waals surface area contributed by atoms with Crippen LogP contribution in [0.3, 0.4) is 0 Å². The Morgan fingerprint density at radius 2 is 1.18 bits per heavy atom. The van der Waals surface area contributed by atoms with Gasteiger partial charge in [0, 0.05) is 61.7 Å². The molecule has 0 spiro atoms. The summed E-state index contributed by atoms with van der Waals surface area (Å²) in [5.41, 5.74) is 8.92. The number of fused-ring (bicyclic) bond motifs is 3. The van der Waals surface area contributed by atoms with E-state index in [1.165, 1.54) is 0 Å². The number of aryl methyl sites for hydroxylation is 1. The number of ether oxygens (including phenoxy) is 2. The molecule has 0 N–H and O–H groups in total. The predicted molar refractivity (Wildman–Crippen MR) is 213 cm³/mol. The molecule has 7 heterocycles. The van der Waals surface area contributed by atoms with Crippen LogP contribution in [0.4, 0.5) is 0 Å². The molecule has 2 aromatic heterocycles. The van der Waals surface area contributed by atoms with Crippen LogP contribution in [0.1, 0.15) is 61.0 Å². The number of benzene rings is 5. The Morgan fingerprint density at radius 1 is 0.649 bits per heavy atom. The highest BCUT2D eigenvalue weighted by Crippen LogP contribution is 2.33. The summed E-state index contributed by atoms with van der Waals surface area (Å²) < 4.78 is 20.6. The van der Waals surface area contributed by atoms with Gasteiger partial charge in [-0.2, -0.15) is 0 Å². The van der Waals surface area contributed by atoms with Crippen molar-refractivity contribution in [1.82, 2.24) is 14.0 Å². The monoisotopic (exact) mass is 887 g/mol. The standard InChI is InChI=1S/C46H43N5O4.2BrH/c1-4-51-41-15-13-35-21-39(41)40-22-36(14-16-42(40)51)46(53)34-11-7-32(8-12-34)26-48-18-20-50(30-48)28-38-23-43(54-2)37(24-44(38)55-3)27-49-19-17-47(29-49)25-31-5-9-33(10-6-31)45(35)52;;/h5-17,19,21-24,29-30H,4,18,20,25-28H2,1-3H3;2*1H/q+2;;/p-2. The first-order valence-electron chi connectivity index (χ1n) is 18.8. The summed E-state index contributed by atoms with van der Waals surface area (Å²) in [5, 5.41) is 1.93. The van der Waals surface area contributed by atoms with Crippen molar-refractivity contribution in [2.24, 2.45) is 0 Å². The first kappa shape index (κ1) is 39.7. The Labute approximate surface area is 352 Å². The van der Waals surface area contributed by atoms with Crippen molar-refractivity contribution < 1.29 is 62.2 Å². The molecule has 290 valence electrons. The average molecular weight is 890 g/mol. The molecule has 14 bridgehead atoms. The number of carbonyl (C=O) groups excluding carboxylic acids is 2. The van der Waals surface area contributed by atoms with Gasteiger partial charge in [-0.05, 0) is 66.6 Å². The summed E-state index contributed by atoms with van der Waals surface area (Å²) in [6.45, 7) is 7.40. The minimum absolute atomic E-state index is 0. The van der Waals surface area contributed by atoms with Gasteiger partial charge in [0.25, 0.3) is 0 Å². The highest BCUT2D eigenvalue weighted by molar-refractivity contribution is 6.17. The number of imidazole rings is 1. The summed E-state index contributed by atoms with van der Waals surface area (Å²) in [7, 11) is 3.43. The molecule has 0 atom stereocenters. The molecule has 12 rings (SSSR count). The average Bonchev–Trinajstić information content (AvgIpc) is 3.94. The van der Waals surface area contributed by atoms with E-state index in [9.17, 15) is 9.59 Å². The van der Waals surface area contributed by atoms with Gasteiger partial charge >= 0.3 is 0 Å². The number of methoxy groups -OCH3 is 2. The zero-order chi connectivity index (χ0) is 37.6. The summed E-state index contributed by atoms with van der Waals surface area (Å²) in [6, 6.07) is 31.8. The van der Waals surface area contributed by atoms with Gasteiger partial charge in [-0.15, -0.1) is 0 Å². The second kappa shape index (κ2) is 16.5. The number of hydrogen-bond acceptors (Lipinski definition) is 5. The number of ketones is 2. The van der Waals surface area contributed by atoms with Crippen LogP contribution in [0, 0.1) is 0 Å². The van der Waals surface area contributed by atoms with E-state index < -0.39 is 0 Å².